The molecule has 27 heavy (non-hydrogen) atoms. The molecule has 0 radical (unpaired) electrons. The average molecular weight is 376 g/mol. The smallest absolute Gasteiger partial charge is 0.346 e. The highest BCUT2D eigenvalue weighted by atomic mass is 19.4. The number of hydrogen-bond donors (Lipinski definition) is 1. The molecule has 1 aliphatic rings. The zero-order chi connectivity index (χ0) is 19.2. The molecule has 3 aromatic heterocycles. The number of rotatable bonds is 2. The summed E-state index contributed by atoms with van der Waals surface area (Å²) in [4.78, 5) is 24.3. The molecule has 1 fully saturated rings. The van der Waals surface area contributed by atoms with Crippen molar-refractivity contribution in [3.63, 3.8) is 0 Å². The van der Waals surface area contributed by atoms with Gasteiger partial charge in [-0.1, -0.05) is 0 Å². The molecular formula is C17H15F3N6O. The quantitative estimate of drug-likeness (QED) is 0.744. The van der Waals surface area contributed by atoms with E-state index in [1.807, 2.05) is 0 Å². The van der Waals surface area contributed by atoms with Crippen LogP contribution in [0.1, 0.15) is 31.1 Å². The van der Waals surface area contributed by atoms with E-state index in [9.17, 15) is 18.0 Å². The molecule has 4 heterocycles. The molecule has 0 unspecified atom stereocenters. The van der Waals surface area contributed by atoms with Crippen LogP contribution in [0.2, 0.25) is 0 Å². The van der Waals surface area contributed by atoms with E-state index in [0.29, 0.717) is 35.9 Å². The van der Waals surface area contributed by atoms with E-state index in [1.165, 1.54) is 15.7 Å². The van der Waals surface area contributed by atoms with Crippen LogP contribution in [-0.4, -0.2) is 43.4 Å². The largest absolute Gasteiger partial charge is 0.449 e. The number of nitriles is 1. The molecule has 10 heteroatoms. The first-order valence-electron chi connectivity index (χ1n) is 8.46. The summed E-state index contributed by atoms with van der Waals surface area (Å²) in [6.45, 7) is 0.551. The van der Waals surface area contributed by atoms with Crippen LogP contribution in [0.4, 0.5) is 13.2 Å². The fourth-order valence-corrected chi connectivity index (χ4v) is 3.72. The van der Waals surface area contributed by atoms with Gasteiger partial charge in [0.25, 0.3) is 0 Å². The van der Waals surface area contributed by atoms with Crippen LogP contribution in [0.3, 0.4) is 0 Å². The Bertz CT molecular complexity index is 1060. The summed E-state index contributed by atoms with van der Waals surface area (Å²) >= 11 is 0. The highest BCUT2D eigenvalue weighted by Gasteiger charge is 2.40. The van der Waals surface area contributed by atoms with Gasteiger partial charge in [-0.3, -0.25) is 4.79 Å². The normalized spacial score (nSPS) is 18.1. The van der Waals surface area contributed by atoms with E-state index in [2.05, 4.69) is 15.0 Å². The Labute approximate surface area is 151 Å². The molecule has 1 saturated heterocycles. The van der Waals surface area contributed by atoms with Crippen LogP contribution >= 0.6 is 0 Å². The number of likely N-dealkylation sites (tertiary alicyclic amines) is 1. The van der Waals surface area contributed by atoms with Crippen molar-refractivity contribution in [1.29, 1.82) is 5.26 Å². The highest BCUT2D eigenvalue weighted by molar-refractivity contribution is 6.01. The van der Waals surface area contributed by atoms with Crippen LogP contribution in [0.15, 0.2) is 18.5 Å². The topological polar surface area (TPSA) is 90.6 Å². The highest BCUT2D eigenvalue weighted by Crippen LogP contribution is 2.38. The summed E-state index contributed by atoms with van der Waals surface area (Å²) in [6.07, 6.45) is -0.942. The number of halogens is 3. The van der Waals surface area contributed by atoms with Gasteiger partial charge in [0.05, 0.1) is 23.8 Å². The second-order valence-corrected chi connectivity index (χ2v) is 6.51. The molecule has 0 bridgehead atoms. The number of pyridine rings is 1. The lowest BCUT2D eigenvalue weighted by Crippen LogP contribution is -2.41. The van der Waals surface area contributed by atoms with Gasteiger partial charge in [-0.25, -0.2) is 9.97 Å². The molecule has 0 spiro atoms. The van der Waals surface area contributed by atoms with E-state index >= 15 is 0 Å². The van der Waals surface area contributed by atoms with Crippen LogP contribution in [0.5, 0.6) is 0 Å². The number of imidazole rings is 1. The van der Waals surface area contributed by atoms with Crippen LogP contribution in [0.25, 0.3) is 22.1 Å². The summed E-state index contributed by atoms with van der Waals surface area (Å²) < 4.78 is 42.3. The third-order valence-corrected chi connectivity index (χ3v) is 4.83. The van der Waals surface area contributed by atoms with Gasteiger partial charge in [0.2, 0.25) is 11.7 Å². The van der Waals surface area contributed by atoms with Gasteiger partial charge in [0.15, 0.2) is 0 Å². The Kier molecular flexibility index (Phi) is 4.02. The molecule has 1 atom stereocenters. The van der Waals surface area contributed by atoms with Gasteiger partial charge in [-0.15, -0.1) is 0 Å². The van der Waals surface area contributed by atoms with Crippen molar-refractivity contribution in [2.24, 2.45) is 0 Å². The Balaban J connectivity index is 1.87. The molecule has 140 valence electrons. The second-order valence-electron chi connectivity index (χ2n) is 6.51. The van der Waals surface area contributed by atoms with Gasteiger partial charge in [0.1, 0.15) is 17.6 Å². The Hall–Kier alpha value is -3.09. The van der Waals surface area contributed by atoms with E-state index in [0.717, 1.165) is 0 Å². The molecule has 0 saturated carbocycles. The SMILES string of the molecule is N#CCC(=O)N1CCC[C@@H](n2c(C(F)(F)F)nc3cnc4[nH]ccc4c32)C1. The standard InChI is InChI=1S/C17H15F3N6O/c18-17(19,20)16-24-12-8-23-15-11(4-6-22-15)14(12)26(16)10-2-1-7-25(9-10)13(27)3-5-21/h4,6,8,10H,1-3,7,9H2,(H,22,23)/t10-/m1/s1. The number of nitrogens with one attached hydrogen (secondary N) is 1. The Morgan fingerprint density at radius 2 is 2.26 bits per heavy atom. The number of aromatic nitrogens is 4. The molecule has 3 aromatic rings. The van der Waals surface area contributed by atoms with Crippen molar-refractivity contribution in [2.45, 2.75) is 31.5 Å². The molecule has 4 rings (SSSR count). The van der Waals surface area contributed by atoms with Gasteiger partial charge >= 0.3 is 6.18 Å². The van der Waals surface area contributed by atoms with E-state index in [1.54, 1.807) is 18.3 Å². The molecule has 0 aliphatic carbocycles. The maximum atomic E-state index is 13.7. The number of alkyl halides is 3. The number of hydrogen-bond acceptors (Lipinski definition) is 4. The second kappa shape index (κ2) is 6.26. The monoisotopic (exact) mass is 376 g/mol. The molecular weight excluding hydrogens is 361 g/mol. The van der Waals surface area contributed by atoms with Gasteiger partial charge in [-0.05, 0) is 18.9 Å². The Morgan fingerprint density at radius 3 is 3.00 bits per heavy atom. The van der Waals surface area contributed by atoms with Gasteiger partial charge in [-0.2, -0.15) is 18.4 Å². The maximum Gasteiger partial charge on any atom is 0.449 e. The lowest BCUT2D eigenvalue weighted by atomic mass is 10.0. The summed E-state index contributed by atoms with van der Waals surface area (Å²) in [6, 6.07) is 2.89. The fourth-order valence-electron chi connectivity index (χ4n) is 3.72. The van der Waals surface area contributed by atoms with Gasteiger partial charge < -0.3 is 14.5 Å². The third kappa shape index (κ3) is 2.89. The summed E-state index contributed by atoms with van der Waals surface area (Å²) in [5.74, 6) is -1.36. The third-order valence-electron chi connectivity index (χ3n) is 4.83. The molecule has 1 aliphatic heterocycles. The van der Waals surface area contributed by atoms with Crippen molar-refractivity contribution < 1.29 is 18.0 Å². The van der Waals surface area contributed by atoms with Crippen molar-refractivity contribution in [1.82, 2.24) is 24.4 Å². The zero-order valence-electron chi connectivity index (χ0n) is 14.1. The molecule has 0 aromatic carbocycles. The van der Waals surface area contributed by atoms with Crippen molar-refractivity contribution in [3.8, 4) is 6.07 Å². The minimum absolute atomic E-state index is 0.114. The van der Waals surface area contributed by atoms with Crippen molar-refractivity contribution in [2.75, 3.05) is 13.1 Å². The van der Waals surface area contributed by atoms with E-state index in [4.69, 9.17) is 5.26 Å². The number of nitrogens with zero attached hydrogens (tertiary/aromatic N) is 5. The fraction of sp³-hybridized carbons (Fsp3) is 0.412. The lowest BCUT2D eigenvalue weighted by molar-refractivity contribution is -0.148. The number of carbonyl (C=O) groups is 1. The van der Waals surface area contributed by atoms with E-state index < -0.39 is 18.0 Å². The first-order chi connectivity index (χ1) is 12.9. The minimum atomic E-state index is -4.64. The zero-order valence-corrected chi connectivity index (χ0v) is 14.1. The van der Waals surface area contributed by atoms with Gasteiger partial charge in [0, 0.05) is 24.7 Å². The number of amides is 1. The first kappa shape index (κ1) is 17.3. The van der Waals surface area contributed by atoms with Crippen molar-refractivity contribution >= 4 is 28.0 Å². The molecule has 1 N–H and O–H groups in total. The number of aromatic amines is 1. The lowest BCUT2D eigenvalue weighted by Gasteiger charge is -2.34. The van der Waals surface area contributed by atoms with Crippen LogP contribution < -0.4 is 0 Å². The number of H-pyrrole nitrogens is 1. The minimum Gasteiger partial charge on any atom is -0.346 e. The summed E-state index contributed by atoms with van der Waals surface area (Å²) in [5, 5.41) is 9.28. The van der Waals surface area contributed by atoms with Crippen LogP contribution in [-0.2, 0) is 11.0 Å². The van der Waals surface area contributed by atoms with Crippen molar-refractivity contribution in [3.05, 3.63) is 24.3 Å². The van der Waals surface area contributed by atoms with E-state index in [-0.39, 0.29) is 24.4 Å². The van der Waals surface area contributed by atoms with Crippen LogP contribution in [0, 0.1) is 11.3 Å². The maximum absolute atomic E-state index is 13.7. The first-order valence-corrected chi connectivity index (χ1v) is 8.46. The molecule has 1 amide bonds. The number of piperidine rings is 1. The predicted molar refractivity (Wildman–Crippen MR) is 89.5 cm³/mol. The molecule has 7 nitrogen and oxygen atoms in total. The number of fused-ring (bicyclic) bond motifs is 3. The summed E-state index contributed by atoms with van der Waals surface area (Å²) in [7, 11) is 0. The Morgan fingerprint density at radius 1 is 1.44 bits per heavy atom. The number of carbonyl (C=O) groups excluding carboxylic acids is 1. The predicted octanol–water partition coefficient (Wildman–Crippen LogP) is 3.01. The average Bonchev–Trinajstić information content (AvgIpc) is 3.25. The summed E-state index contributed by atoms with van der Waals surface area (Å²) in [5.41, 5.74) is 0.994.